The van der Waals surface area contributed by atoms with Gasteiger partial charge in [0.2, 0.25) is 0 Å². The van der Waals surface area contributed by atoms with E-state index in [-0.39, 0.29) is 5.78 Å². The third-order valence-corrected chi connectivity index (χ3v) is 4.97. The van der Waals surface area contributed by atoms with Crippen LogP contribution in [0.15, 0.2) is 66.8 Å². The van der Waals surface area contributed by atoms with Gasteiger partial charge in [-0.1, -0.05) is 60.7 Å². The zero-order chi connectivity index (χ0) is 17.6. The van der Waals surface area contributed by atoms with Crippen molar-refractivity contribution in [2.45, 2.75) is 32.7 Å². The first-order valence-electron chi connectivity index (χ1n) is 9.23. The lowest BCUT2D eigenvalue weighted by Crippen LogP contribution is -2.36. The highest BCUT2D eigenvalue weighted by Crippen LogP contribution is 2.18. The number of allylic oxidation sites excluding steroid dienone is 3. The Morgan fingerprint density at radius 1 is 1.12 bits per heavy atom. The fourth-order valence-corrected chi connectivity index (χ4v) is 3.38. The Balaban J connectivity index is 1.62. The molecule has 2 heteroatoms. The highest BCUT2D eigenvalue weighted by Gasteiger charge is 2.17. The molecule has 0 heterocycles. The number of fused-ring (bicyclic) bond motifs is 1. The van der Waals surface area contributed by atoms with Crippen LogP contribution < -0.4 is 0 Å². The van der Waals surface area contributed by atoms with Crippen LogP contribution >= 0.6 is 0 Å². The summed E-state index contributed by atoms with van der Waals surface area (Å²) in [7, 11) is 0. The number of carbonyl (C=O) groups is 1. The summed E-state index contributed by atoms with van der Waals surface area (Å²) in [5.41, 5.74) is 0.822. The molecule has 2 aromatic rings. The molecule has 2 nitrogen and oxygen atoms in total. The summed E-state index contributed by atoms with van der Waals surface area (Å²) in [6.45, 7) is 6.26. The normalized spacial score (nSPS) is 16.9. The van der Waals surface area contributed by atoms with E-state index in [1.807, 2.05) is 30.3 Å². The van der Waals surface area contributed by atoms with Crippen molar-refractivity contribution in [1.29, 1.82) is 0 Å². The van der Waals surface area contributed by atoms with Crippen molar-refractivity contribution in [2.75, 3.05) is 13.1 Å². The molecule has 0 aromatic heterocycles. The zero-order valence-corrected chi connectivity index (χ0v) is 15.2. The van der Waals surface area contributed by atoms with Gasteiger partial charge in [0.1, 0.15) is 0 Å². The van der Waals surface area contributed by atoms with E-state index in [9.17, 15) is 4.79 Å². The molecular weight excluding hydrogens is 306 g/mol. The Labute approximate surface area is 150 Å². The molecule has 0 fully saturated rings. The second-order valence-electron chi connectivity index (χ2n) is 7.13. The van der Waals surface area contributed by atoms with Crippen molar-refractivity contribution in [3.8, 4) is 0 Å². The molecule has 3 rings (SSSR count). The van der Waals surface area contributed by atoms with Gasteiger partial charge in [0.25, 0.3) is 0 Å². The molecule has 0 bridgehead atoms. The second kappa shape index (κ2) is 8.26. The smallest absolute Gasteiger partial charge is 0.164 e. The summed E-state index contributed by atoms with van der Waals surface area (Å²) in [6, 6.07) is 14.7. The number of carbonyl (C=O) groups excluding carboxylic acids is 1. The summed E-state index contributed by atoms with van der Waals surface area (Å²) in [4.78, 5) is 15.1. The Morgan fingerprint density at radius 2 is 1.92 bits per heavy atom. The Bertz CT molecular complexity index is 788. The van der Waals surface area contributed by atoms with Crippen LogP contribution in [0, 0.1) is 5.92 Å². The number of hydrogen-bond donors (Lipinski definition) is 0. The number of Topliss-reactive ketones (excluding diaryl/α,β-unsaturated/α-hetero) is 1. The minimum atomic E-state index is 0.232. The van der Waals surface area contributed by atoms with Crippen LogP contribution in [0.1, 0.15) is 37.0 Å². The highest BCUT2D eigenvalue weighted by molar-refractivity contribution is 6.00. The Kier molecular flexibility index (Phi) is 5.83. The van der Waals surface area contributed by atoms with Crippen molar-refractivity contribution < 1.29 is 4.79 Å². The summed E-state index contributed by atoms with van der Waals surface area (Å²) < 4.78 is 0. The first-order valence-corrected chi connectivity index (χ1v) is 9.23. The van der Waals surface area contributed by atoms with Gasteiger partial charge in [0.05, 0.1) is 0 Å². The van der Waals surface area contributed by atoms with E-state index in [1.54, 1.807) is 0 Å². The number of benzene rings is 2. The summed E-state index contributed by atoms with van der Waals surface area (Å²) in [6.07, 6.45) is 10.4. The van der Waals surface area contributed by atoms with E-state index in [2.05, 4.69) is 55.2 Å². The predicted octanol–water partition coefficient (Wildman–Crippen LogP) is 5.26. The topological polar surface area (TPSA) is 20.3 Å². The number of rotatable bonds is 7. The lowest BCUT2D eigenvalue weighted by atomic mass is 9.99. The number of hydrogen-bond acceptors (Lipinski definition) is 2. The zero-order valence-electron chi connectivity index (χ0n) is 15.2. The molecule has 0 radical (unpaired) electrons. The van der Waals surface area contributed by atoms with Crippen LogP contribution in [0.25, 0.3) is 10.8 Å². The van der Waals surface area contributed by atoms with Gasteiger partial charge in [0, 0.05) is 31.1 Å². The van der Waals surface area contributed by atoms with Crippen molar-refractivity contribution >= 4 is 16.6 Å². The van der Waals surface area contributed by atoms with Crippen molar-refractivity contribution in [1.82, 2.24) is 4.90 Å². The third kappa shape index (κ3) is 4.67. The molecule has 0 saturated carbocycles. The van der Waals surface area contributed by atoms with Gasteiger partial charge in [-0.05, 0) is 43.0 Å². The average molecular weight is 333 g/mol. The van der Waals surface area contributed by atoms with Crippen LogP contribution in [-0.2, 0) is 0 Å². The van der Waals surface area contributed by atoms with E-state index < -0.39 is 0 Å². The summed E-state index contributed by atoms with van der Waals surface area (Å²) >= 11 is 0. The standard InChI is InChI=1S/C23H27NO/c1-18(2)24(17-19-8-4-3-5-9-19)15-14-23(25)22-13-12-20-10-6-7-11-21(20)16-22/h3-8,10-13,16,18-19H,9,14-15,17H2,1-2H3. The SMILES string of the molecule is CC(C)N(CCC(=O)c1ccc2ccccc2c1)CC1C=CC=CC1. The quantitative estimate of drug-likeness (QED) is 0.645. The van der Waals surface area contributed by atoms with Gasteiger partial charge in [-0.2, -0.15) is 0 Å². The second-order valence-corrected chi connectivity index (χ2v) is 7.13. The van der Waals surface area contributed by atoms with E-state index >= 15 is 0 Å². The molecule has 25 heavy (non-hydrogen) atoms. The fourth-order valence-electron chi connectivity index (χ4n) is 3.38. The summed E-state index contributed by atoms with van der Waals surface area (Å²) in [5.74, 6) is 0.790. The predicted molar refractivity (Wildman–Crippen MR) is 106 cm³/mol. The minimum Gasteiger partial charge on any atom is -0.300 e. The average Bonchev–Trinajstić information content (AvgIpc) is 2.65. The van der Waals surface area contributed by atoms with E-state index in [4.69, 9.17) is 0 Å². The Hall–Kier alpha value is -2.19. The van der Waals surface area contributed by atoms with E-state index in [1.165, 1.54) is 5.39 Å². The van der Waals surface area contributed by atoms with Gasteiger partial charge in [-0.3, -0.25) is 9.69 Å². The lowest BCUT2D eigenvalue weighted by molar-refractivity contribution is 0.0951. The van der Waals surface area contributed by atoms with Gasteiger partial charge >= 0.3 is 0 Å². The third-order valence-electron chi connectivity index (χ3n) is 4.97. The van der Waals surface area contributed by atoms with Crippen LogP contribution in [-0.4, -0.2) is 29.8 Å². The van der Waals surface area contributed by atoms with Gasteiger partial charge in [-0.25, -0.2) is 0 Å². The molecule has 2 aromatic carbocycles. The first kappa shape index (κ1) is 17.6. The molecular formula is C23H27NO. The molecule has 1 aliphatic carbocycles. The number of ketones is 1. The van der Waals surface area contributed by atoms with Gasteiger partial charge < -0.3 is 0 Å². The van der Waals surface area contributed by atoms with Crippen LogP contribution in [0.4, 0.5) is 0 Å². The van der Waals surface area contributed by atoms with Crippen molar-refractivity contribution in [2.24, 2.45) is 5.92 Å². The van der Waals surface area contributed by atoms with Crippen LogP contribution in [0.2, 0.25) is 0 Å². The molecule has 1 atom stereocenters. The Morgan fingerprint density at radius 3 is 2.64 bits per heavy atom. The van der Waals surface area contributed by atoms with Gasteiger partial charge in [-0.15, -0.1) is 0 Å². The molecule has 0 spiro atoms. The van der Waals surface area contributed by atoms with Crippen molar-refractivity contribution in [3.05, 3.63) is 72.3 Å². The van der Waals surface area contributed by atoms with Crippen LogP contribution in [0.5, 0.6) is 0 Å². The number of nitrogens with zero attached hydrogens (tertiary/aromatic N) is 1. The molecule has 0 amide bonds. The lowest BCUT2D eigenvalue weighted by Gasteiger charge is -2.29. The van der Waals surface area contributed by atoms with E-state index in [0.29, 0.717) is 18.4 Å². The first-order chi connectivity index (χ1) is 12.1. The van der Waals surface area contributed by atoms with E-state index in [0.717, 1.165) is 30.5 Å². The molecule has 0 N–H and O–H groups in total. The monoisotopic (exact) mass is 333 g/mol. The maximum absolute atomic E-state index is 12.7. The molecule has 0 aliphatic heterocycles. The maximum atomic E-state index is 12.7. The van der Waals surface area contributed by atoms with Gasteiger partial charge in [0.15, 0.2) is 5.78 Å². The molecule has 130 valence electrons. The fraction of sp³-hybridized carbons (Fsp3) is 0.348. The maximum Gasteiger partial charge on any atom is 0.164 e. The molecule has 0 saturated heterocycles. The summed E-state index contributed by atoms with van der Waals surface area (Å²) in [5, 5.41) is 2.31. The van der Waals surface area contributed by atoms with Crippen LogP contribution in [0.3, 0.4) is 0 Å². The molecule has 1 aliphatic rings. The molecule has 1 unspecified atom stereocenters. The van der Waals surface area contributed by atoms with Crippen molar-refractivity contribution in [3.63, 3.8) is 0 Å². The largest absolute Gasteiger partial charge is 0.300 e. The highest BCUT2D eigenvalue weighted by atomic mass is 16.1. The minimum absolute atomic E-state index is 0.232.